The second kappa shape index (κ2) is 15.1. The number of amides is 2. The molecule has 0 spiro atoms. The molecule has 1 aliphatic heterocycles. The van der Waals surface area contributed by atoms with Gasteiger partial charge < -0.3 is 24.8 Å². The molecule has 0 bridgehead atoms. The number of aromatic amines is 1. The molecule has 1 aromatic heterocycles. The molecule has 2 heterocycles. The number of aryl methyl sites for hydroxylation is 1. The molecule has 0 aromatic carbocycles. The van der Waals surface area contributed by atoms with Gasteiger partial charge in [-0.2, -0.15) is 0 Å². The largest absolute Gasteiger partial charge is 1.00 e. The van der Waals surface area contributed by atoms with E-state index in [1.165, 1.54) is 10.8 Å². The van der Waals surface area contributed by atoms with Crippen LogP contribution in [0.25, 0.3) is 0 Å². The fourth-order valence-corrected chi connectivity index (χ4v) is 3.49. The summed E-state index contributed by atoms with van der Waals surface area (Å²) in [6.07, 6.45) is 0.685. The van der Waals surface area contributed by atoms with E-state index in [4.69, 9.17) is 14.2 Å². The average Bonchev–Trinajstić information content (AvgIpc) is 3.20. The summed E-state index contributed by atoms with van der Waals surface area (Å²) in [4.78, 5) is 61.7. The summed E-state index contributed by atoms with van der Waals surface area (Å²) in [5.41, 5.74) is -0.686. The van der Waals surface area contributed by atoms with Crippen molar-refractivity contribution in [1.82, 2.24) is 20.2 Å². The molecule has 1 aromatic rings. The number of esters is 1. The fourth-order valence-electron chi connectivity index (χ4n) is 3.49. The lowest BCUT2D eigenvalue weighted by atomic mass is 10.1. The zero-order valence-electron chi connectivity index (χ0n) is 20.9. The van der Waals surface area contributed by atoms with Crippen LogP contribution in [0.4, 0.5) is 0 Å². The lowest BCUT2D eigenvalue weighted by molar-refractivity contribution is -0.153. The van der Waals surface area contributed by atoms with E-state index in [0.29, 0.717) is 25.2 Å². The third-order valence-corrected chi connectivity index (χ3v) is 5.32. The minimum Gasteiger partial charge on any atom is -0.459 e. The Morgan fingerprint density at radius 3 is 2.43 bits per heavy atom. The van der Waals surface area contributed by atoms with Gasteiger partial charge >= 0.3 is 13.1 Å². The highest BCUT2D eigenvalue weighted by molar-refractivity contribution is 5.81. The normalized spacial score (nSPS) is 19.0. The van der Waals surface area contributed by atoms with Gasteiger partial charge in [-0.3, -0.25) is 28.7 Å². The Hall–Kier alpha value is -2.99. The molecule has 3 atom stereocenters. The quantitative estimate of drug-likeness (QED) is 0.264. The van der Waals surface area contributed by atoms with Crippen LogP contribution in [0.5, 0.6) is 0 Å². The van der Waals surface area contributed by atoms with Crippen molar-refractivity contribution in [2.75, 3.05) is 26.3 Å². The standard InChI is InChI=1S/C22H34N4O8.CH4/c1-4-15-16(12-19(33-15)26-13-14(3)21(30)25-22(26)31)34-20(29)7-6-17(27)23-9-10-24-18(28)8-11-32-5-2;/h13,15-16,19H,4-12H2,1-3H3,(H,23,27)(H,24,28)(H,25,30,31);1H4/p+1/t15-,16?,19-;/m1./s1. The average molecular weight is 500 g/mol. The van der Waals surface area contributed by atoms with E-state index in [1.54, 1.807) is 6.92 Å². The molecular formula is C23H39N4O8+. The van der Waals surface area contributed by atoms with Crippen LogP contribution in [0, 0.1) is 6.92 Å². The zero-order valence-corrected chi connectivity index (χ0v) is 19.9. The molecule has 12 nitrogen and oxygen atoms in total. The highest BCUT2D eigenvalue weighted by Crippen LogP contribution is 2.31. The van der Waals surface area contributed by atoms with E-state index in [9.17, 15) is 24.0 Å². The van der Waals surface area contributed by atoms with Gasteiger partial charge in [0.15, 0.2) is 0 Å². The Morgan fingerprint density at radius 2 is 1.80 bits per heavy atom. The van der Waals surface area contributed by atoms with E-state index in [-0.39, 0.29) is 59.4 Å². The molecule has 2 rings (SSSR count). The Morgan fingerprint density at radius 1 is 1.14 bits per heavy atom. The minimum atomic E-state index is -0.669. The summed E-state index contributed by atoms with van der Waals surface area (Å²) in [5.74, 6) is -1.03. The summed E-state index contributed by atoms with van der Waals surface area (Å²) in [7, 11) is 0. The molecule has 0 aliphatic carbocycles. The fraction of sp³-hybridized carbons (Fsp3) is 0.696. The monoisotopic (exact) mass is 499 g/mol. The Labute approximate surface area is 206 Å². The maximum absolute atomic E-state index is 12.3. The van der Waals surface area contributed by atoms with Crippen molar-refractivity contribution in [2.24, 2.45) is 0 Å². The van der Waals surface area contributed by atoms with Crippen molar-refractivity contribution in [3.63, 3.8) is 0 Å². The number of aromatic nitrogens is 2. The van der Waals surface area contributed by atoms with Crippen molar-refractivity contribution in [1.29, 1.82) is 0 Å². The Bertz CT molecular complexity index is 964. The van der Waals surface area contributed by atoms with Crippen molar-refractivity contribution in [3.8, 4) is 0 Å². The number of nitrogens with one attached hydrogen (secondary N) is 3. The smallest absolute Gasteiger partial charge is 0.459 e. The SMILES string of the molecule is C.CCOCCC(=O)NCCNC(=O)CCC(=O)OC1C[C@H](n2cc(C)c(=O)[nH]c2=O)O[C@@H]1CC.[H+]. The van der Waals surface area contributed by atoms with Gasteiger partial charge in [0.1, 0.15) is 12.3 Å². The number of carbonyl (C=O) groups is 3. The number of ether oxygens (including phenoxy) is 3. The first kappa shape index (κ1) is 30.0. The third-order valence-electron chi connectivity index (χ3n) is 5.32. The highest BCUT2D eigenvalue weighted by atomic mass is 16.6. The first-order valence-corrected chi connectivity index (χ1v) is 11.5. The first-order chi connectivity index (χ1) is 16.2. The molecule has 1 aliphatic rings. The molecule has 35 heavy (non-hydrogen) atoms. The van der Waals surface area contributed by atoms with Crippen LogP contribution in [0.2, 0.25) is 0 Å². The van der Waals surface area contributed by atoms with Crippen LogP contribution < -0.4 is 21.9 Å². The number of hydrogen-bond acceptors (Lipinski definition) is 8. The van der Waals surface area contributed by atoms with E-state index < -0.39 is 35.7 Å². The number of carbonyl (C=O) groups excluding carboxylic acids is 3. The molecule has 0 radical (unpaired) electrons. The van der Waals surface area contributed by atoms with Gasteiger partial charge in [-0.05, 0) is 20.3 Å². The lowest BCUT2D eigenvalue weighted by Gasteiger charge is -2.17. The Kier molecular flexibility index (Phi) is 13.0. The second-order valence-corrected chi connectivity index (χ2v) is 7.93. The molecule has 1 fully saturated rings. The number of hydrogen-bond donors (Lipinski definition) is 3. The van der Waals surface area contributed by atoms with Gasteiger partial charge in [-0.25, -0.2) is 4.79 Å². The first-order valence-electron chi connectivity index (χ1n) is 11.5. The predicted octanol–water partition coefficient (Wildman–Crippen LogP) is 0.642. The van der Waals surface area contributed by atoms with E-state index in [0.717, 1.165) is 0 Å². The van der Waals surface area contributed by atoms with E-state index in [2.05, 4.69) is 15.6 Å². The molecule has 3 N–H and O–H groups in total. The summed E-state index contributed by atoms with van der Waals surface area (Å²) in [6.45, 7) is 6.73. The number of rotatable bonds is 13. The van der Waals surface area contributed by atoms with Crippen molar-refractivity contribution >= 4 is 17.8 Å². The summed E-state index contributed by atoms with van der Waals surface area (Å²) < 4.78 is 17.8. The topological polar surface area (TPSA) is 158 Å². The van der Waals surface area contributed by atoms with Gasteiger partial charge in [0.2, 0.25) is 11.8 Å². The number of H-pyrrole nitrogens is 1. The van der Waals surface area contributed by atoms with Gasteiger partial charge in [0.05, 0.1) is 19.1 Å². The molecule has 2 amide bonds. The second-order valence-electron chi connectivity index (χ2n) is 7.93. The van der Waals surface area contributed by atoms with Crippen LogP contribution in [-0.4, -0.2) is 65.8 Å². The van der Waals surface area contributed by atoms with E-state index >= 15 is 0 Å². The summed E-state index contributed by atoms with van der Waals surface area (Å²) in [6, 6.07) is 0. The van der Waals surface area contributed by atoms with Gasteiger partial charge in [0, 0.05) is 50.7 Å². The zero-order chi connectivity index (χ0) is 25.1. The van der Waals surface area contributed by atoms with Crippen molar-refractivity contribution in [2.45, 2.75) is 78.7 Å². The van der Waals surface area contributed by atoms with Gasteiger partial charge in [-0.15, -0.1) is 0 Å². The van der Waals surface area contributed by atoms with E-state index in [1.807, 2.05) is 13.8 Å². The third kappa shape index (κ3) is 9.65. The highest BCUT2D eigenvalue weighted by Gasteiger charge is 2.38. The minimum absolute atomic E-state index is 0. The molecular weight excluding hydrogens is 460 g/mol. The van der Waals surface area contributed by atoms with Crippen LogP contribution in [-0.2, 0) is 28.6 Å². The van der Waals surface area contributed by atoms with Crippen LogP contribution in [0.1, 0.15) is 66.6 Å². The van der Waals surface area contributed by atoms with Crippen LogP contribution in [0.15, 0.2) is 15.8 Å². The van der Waals surface area contributed by atoms with Crippen LogP contribution >= 0.6 is 0 Å². The van der Waals surface area contributed by atoms with Gasteiger partial charge in [0.25, 0.3) is 5.56 Å². The maximum Gasteiger partial charge on any atom is 1.00 e. The molecule has 12 heteroatoms. The maximum atomic E-state index is 12.3. The Balaban J connectivity index is 0.00000612. The van der Waals surface area contributed by atoms with Crippen molar-refractivity contribution < 1.29 is 30.0 Å². The molecule has 0 saturated carbocycles. The predicted molar refractivity (Wildman–Crippen MR) is 129 cm³/mol. The lowest BCUT2D eigenvalue weighted by Crippen LogP contribution is -2.35. The molecule has 1 saturated heterocycles. The van der Waals surface area contributed by atoms with Gasteiger partial charge in [-0.1, -0.05) is 14.4 Å². The number of nitrogens with zero attached hydrogens (tertiary/aromatic N) is 1. The summed E-state index contributed by atoms with van der Waals surface area (Å²) in [5, 5.41) is 5.30. The summed E-state index contributed by atoms with van der Waals surface area (Å²) >= 11 is 0. The molecule has 198 valence electrons. The van der Waals surface area contributed by atoms with Crippen molar-refractivity contribution in [3.05, 3.63) is 32.6 Å². The van der Waals surface area contributed by atoms with Crippen LogP contribution in [0.3, 0.4) is 0 Å². The molecule has 1 unspecified atom stereocenters.